The third-order valence-corrected chi connectivity index (χ3v) is 5.64. The number of amides is 2. The summed E-state index contributed by atoms with van der Waals surface area (Å²) in [5.41, 5.74) is 0.880. The molecule has 29 heavy (non-hydrogen) atoms. The lowest BCUT2D eigenvalue weighted by atomic mass is 10.1. The first-order chi connectivity index (χ1) is 14.1. The van der Waals surface area contributed by atoms with Gasteiger partial charge in [0, 0.05) is 24.6 Å². The number of hydrogen-bond acceptors (Lipinski definition) is 6. The average molecular weight is 408 g/mol. The summed E-state index contributed by atoms with van der Waals surface area (Å²) in [5.74, 6) is 0.347. The fourth-order valence-electron chi connectivity index (χ4n) is 3.14. The van der Waals surface area contributed by atoms with Crippen LogP contribution in [0.4, 0.5) is 10.8 Å². The van der Waals surface area contributed by atoms with E-state index in [9.17, 15) is 9.59 Å². The molecule has 1 N–H and O–H groups in total. The smallest absolute Gasteiger partial charge is 0.266 e. The number of hydrogen-bond donors (Lipinski definition) is 1. The molecule has 3 aromatic rings. The lowest BCUT2D eigenvalue weighted by Crippen LogP contribution is -2.30. The van der Waals surface area contributed by atoms with E-state index in [1.165, 1.54) is 11.3 Å². The van der Waals surface area contributed by atoms with E-state index in [0.717, 1.165) is 10.7 Å². The lowest BCUT2D eigenvalue weighted by Gasteiger charge is -2.15. The molecule has 8 heteroatoms. The predicted molar refractivity (Wildman–Crippen MR) is 111 cm³/mol. The van der Waals surface area contributed by atoms with Gasteiger partial charge in [0.25, 0.3) is 5.91 Å². The monoisotopic (exact) mass is 408 g/mol. The van der Waals surface area contributed by atoms with E-state index in [0.29, 0.717) is 23.8 Å². The Bertz CT molecular complexity index is 993. The van der Waals surface area contributed by atoms with Gasteiger partial charge in [-0.2, -0.15) is 0 Å². The molecule has 1 aromatic heterocycles. The van der Waals surface area contributed by atoms with E-state index >= 15 is 0 Å². The van der Waals surface area contributed by atoms with Gasteiger partial charge in [0.1, 0.15) is 10.8 Å². The minimum Gasteiger partial charge on any atom is -0.481 e. The molecular weight excluding hydrogens is 388 g/mol. The standard InChI is InChI=1S/C21H20N4O3S/c1-14(28-17-10-6-3-7-11-17)19(27)22-21-24-23-20(29-21)15-12-18(26)25(13-15)16-8-4-2-5-9-16/h2-11,14-15H,12-13H2,1H3,(H,22,24,27). The van der Waals surface area contributed by atoms with E-state index in [1.54, 1.807) is 24.0 Å². The Morgan fingerprint density at radius 1 is 1.14 bits per heavy atom. The number of carbonyl (C=O) groups excluding carboxylic acids is 2. The van der Waals surface area contributed by atoms with Crippen LogP contribution in [0.25, 0.3) is 0 Å². The largest absolute Gasteiger partial charge is 0.481 e. The Morgan fingerprint density at radius 2 is 1.83 bits per heavy atom. The molecule has 2 aromatic carbocycles. The van der Waals surface area contributed by atoms with Crippen molar-refractivity contribution in [1.82, 2.24) is 10.2 Å². The number of aromatic nitrogens is 2. The van der Waals surface area contributed by atoms with Gasteiger partial charge in [0.15, 0.2) is 6.10 Å². The molecule has 1 fully saturated rings. The maximum Gasteiger partial charge on any atom is 0.266 e. The third kappa shape index (κ3) is 4.43. The summed E-state index contributed by atoms with van der Waals surface area (Å²) in [6.07, 6.45) is -0.295. The highest BCUT2D eigenvalue weighted by atomic mass is 32.1. The fraction of sp³-hybridized carbons (Fsp3) is 0.238. The van der Waals surface area contributed by atoms with Crippen LogP contribution in [-0.4, -0.2) is 34.7 Å². The minimum absolute atomic E-state index is 0.0381. The van der Waals surface area contributed by atoms with Crippen LogP contribution in [0.5, 0.6) is 5.75 Å². The maximum absolute atomic E-state index is 12.4. The highest BCUT2D eigenvalue weighted by Crippen LogP contribution is 2.34. The normalized spacial score (nSPS) is 17.2. The molecule has 0 aliphatic carbocycles. The van der Waals surface area contributed by atoms with Crippen molar-refractivity contribution < 1.29 is 14.3 Å². The summed E-state index contributed by atoms with van der Waals surface area (Å²) in [7, 11) is 0. The molecule has 1 saturated heterocycles. The fourth-order valence-corrected chi connectivity index (χ4v) is 3.98. The van der Waals surface area contributed by atoms with Gasteiger partial charge in [-0.25, -0.2) is 0 Å². The Balaban J connectivity index is 1.37. The Labute approximate surface area is 172 Å². The van der Waals surface area contributed by atoms with E-state index in [1.807, 2.05) is 48.5 Å². The highest BCUT2D eigenvalue weighted by Gasteiger charge is 2.34. The van der Waals surface area contributed by atoms with Gasteiger partial charge in [0.05, 0.1) is 0 Å². The molecule has 1 aliphatic rings. The molecule has 0 bridgehead atoms. The van der Waals surface area contributed by atoms with E-state index in [-0.39, 0.29) is 17.7 Å². The van der Waals surface area contributed by atoms with Crippen molar-refractivity contribution in [2.75, 3.05) is 16.8 Å². The zero-order chi connectivity index (χ0) is 20.2. The first-order valence-corrected chi connectivity index (χ1v) is 10.1. The minimum atomic E-state index is -0.675. The number of anilines is 2. The summed E-state index contributed by atoms with van der Waals surface area (Å²) < 4.78 is 5.63. The highest BCUT2D eigenvalue weighted by molar-refractivity contribution is 7.15. The number of nitrogens with one attached hydrogen (secondary N) is 1. The van der Waals surface area contributed by atoms with Crippen LogP contribution >= 0.6 is 11.3 Å². The quantitative estimate of drug-likeness (QED) is 0.675. The van der Waals surface area contributed by atoms with Crippen LogP contribution in [-0.2, 0) is 9.59 Å². The van der Waals surface area contributed by atoms with Gasteiger partial charge >= 0.3 is 0 Å². The molecule has 0 radical (unpaired) electrons. The second kappa shape index (κ2) is 8.40. The summed E-state index contributed by atoms with van der Waals surface area (Å²) in [4.78, 5) is 26.5. The SMILES string of the molecule is CC(Oc1ccccc1)C(=O)Nc1nnc(C2CC(=O)N(c3ccccc3)C2)s1. The third-order valence-electron chi connectivity index (χ3n) is 4.64. The average Bonchev–Trinajstić information content (AvgIpc) is 3.36. The molecule has 0 spiro atoms. The van der Waals surface area contributed by atoms with E-state index < -0.39 is 6.10 Å². The Hall–Kier alpha value is -3.26. The second-order valence-corrected chi connectivity index (χ2v) is 7.76. The zero-order valence-electron chi connectivity index (χ0n) is 15.8. The van der Waals surface area contributed by atoms with Crippen LogP contribution in [0, 0.1) is 0 Å². The summed E-state index contributed by atoms with van der Waals surface area (Å²) in [5, 5.41) is 12.1. The summed E-state index contributed by atoms with van der Waals surface area (Å²) in [6.45, 7) is 2.23. The van der Waals surface area contributed by atoms with Gasteiger partial charge < -0.3 is 9.64 Å². The van der Waals surface area contributed by atoms with Crippen LogP contribution in [0.2, 0.25) is 0 Å². The van der Waals surface area contributed by atoms with Crippen LogP contribution in [0.15, 0.2) is 60.7 Å². The van der Waals surface area contributed by atoms with Crippen molar-refractivity contribution in [1.29, 1.82) is 0 Å². The number of nitrogens with zero attached hydrogens (tertiary/aromatic N) is 3. The van der Waals surface area contributed by atoms with Gasteiger partial charge in [-0.3, -0.25) is 14.9 Å². The predicted octanol–water partition coefficient (Wildman–Crippen LogP) is 3.46. The summed E-state index contributed by atoms with van der Waals surface area (Å²) >= 11 is 1.29. The van der Waals surface area contributed by atoms with Gasteiger partial charge in [-0.1, -0.05) is 47.7 Å². The zero-order valence-corrected chi connectivity index (χ0v) is 16.6. The Kier molecular flexibility index (Phi) is 5.53. The van der Waals surface area contributed by atoms with Gasteiger partial charge in [-0.15, -0.1) is 10.2 Å². The first-order valence-electron chi connectivity index (χ1n) is 9.31. The maximum atomic E-state index is 12.4. The van der Waals surface area contributed by atoms with E-state index in [2.05, 4.69) is 15.5 Å². The number of rotatable bonds is 6. The topological polar surface area (TPSA) is 84.4 Å². The molecular formula is C21H20N4O3S. The van der Waals surface area contributed by atoms with Crippen LogP contribution in [0.1, 0.15) is 24.3 Å². The van der Waals surface area contributed by atoms with Crippen molar-refractivity contribution in [3.8, 4) is 5.75 Å². The number of benzene rings is 2. The second-order valence-electron chi connectivity index (χ2n) is 6.75. The molecule has 2 atom stereocenters. The van der Waals surface area contributed by atoms with Crippen LogP contribution in [0.3, 0.4) is 0 Å². The van der Waals surface area contributed by atoms with Gasteiger partial charge in [-0.05, 0) is 31.2 Å². The molecule has 2 heterocycles. The molecule has 2 amide bonds. The number of para-hydroxylation sites is 2. The molecule has 4 rings (SSSR count). The van der Waals surface area contributed by atoms with Crippen molar-refractivity contribution in [2.45, 2.75) is 25.4 Å². The van der Waals surface area contributed by atoms with Crippen molar-refractivity contribution in [3.05, 3.63) is 65.7 Å². The van der Waals surface area contributed by atoms with Crippen LogP contribution < -0.4 is 15.0 Å². The number of carbonyl (C=O) groups is 2. The molecule has 148 valence electrons. The molecule has 7 nitrogen and oxygen atoms in total. The molecule has 1 aliphatic heterocycles. The molecule has 2 unspecified atom stereocenters. The van der Waals surface area contributed by atoms with Crippen molar-refractivity contribution in [2.24, 2.45) is 0 Å². The lowest BCUT2D eigenvalue weighted by molar-refractivity contribution is -0.122. The van der Waals surface area contributed by atoms with Gasteiger partial charge in [0.2, 0.25) is 11.0 Å². The number of ether oxygens (including phenoxy) is 1. The van der Waals surface area contributed by atoms with Crippen molar-refractivity contribution in [3.63, 3.8) is 0 Å². The van der Waals surface area contributed by atoms with Crippen molar-refractivity contribution >= 4 is 34.0 Å². The first kappa shape index (κ1) is 19.1. The summed E-state index contributed by atoms with van der Waals surface area (Å²) in [6, 6.07) is 18.7. The Morgan fingerprint density at radius 3 is 2.55 bits per heavy atom. The van der Waals surface area contributed by atoms with E-state index in [4.69, 9.17) is 4.74 Å². The molecule has 0 saturated carbocycles.